The normalized spacial score (nSPS) is 11.0. The van der Waals surface area contributed by atoms with Gasteiger partial charge >= 0.3 is 5.97 Å². The second kappa shape index (κ2) is 7.75. The summed E-state index contributed by atoms with van der Waals surface area (Å²) in [5, 5.41) is 0.803. The van der Waals surface area contributed by atoms with Crippen molar-refractivity contribution in [1.82, 2.24) is 14.3 Å². The lowest BCUT2D eigenvalue weighted by molar-refractivity contribution is 0.0522. The minimum absolute atomic E-state index is 0.122. The van der Waals surface area contributed by atoms with Crippen molar-refractivity contribution in [2.45, 2.75) is 13.5 Å². The maximum atomic E-state index is 13.3. The number of rotatable bonds is 5. The van der Waals surface area contributed by atoms with E-state index in [0.717, 1.165) is 16.5 Å². The maximum Gasteiger partial charge on any atom is 0.359 e. The first-order valence-corrected chi connectivity index (χ1v) is 9.45. The molecule has 0 fully saturated rings. The third-order valence-electron chi connectivity index (χ3n) is 4.85. The monoisotopic (exact) mass is 387 g/mol. The fourth-order valence-electron chi connectivity index (χ4n) is 3.48. The van der Waals surface area contributed by atoms with Gasteiger partial charge in [0.2, 0.25) is 0 Å². The molecule has 0 aliphatic carbocycles. The van der Waals surface area contributed by atoms with Gasteiger partial charge in [0.05, 0.1) is 23.2 Å². The molecule has 0 N–H and O–H groups in total. The standard InChI is InChI=1S/C23H21N3O3/c1-3-29-23(28)21-20-13-18(17-11-7-8-12-19(17)26(20)15-24-21)22(27)25(2)14-16-9-5-4-6-10-16/h4-13,15H,3,14H2,1-2H3. The third kappa shape index (κ3) is 3.45. The predicted molar refractivity (Wildman–Crippen MR) is 111 cm³/mol. The van der Waals surface area contributed by atoms with Crippen molar-refractivity contribution in [2.24, 2.45) is 0 Å². The molecule has 0 spiro atoms. The molecular formula is C23H21N3O3. The van der Waals surface area contributed by atoms with Gasteiger partial charge < -0.3 is 9.64 Å². The Morgan fingerprint density at radius 1 is 1.03 bits per heavy atom. The number of pyridine rings is 1. The maximum absolute atomic E-state index is 13.3. The molecule has 4 rings (SSSR count). The number of carbonyl (C=O) groups is 2. The number of imidazole rings is 1. The van der Waals surface area contributed by atoms with Crippen LogP contribution < -0.4 is 0 Å². The number of fused-ring (bicyclic) bond motifs is 3. The van der Waals surface area contributed by atoms with Gasteiger partial charge in [0.25, 0.3) is 5.91 Å². The van der Waals surface area contributed by atoms with Crippen molar-refractivity contribution in [2.75, 3.05) is 13.7 Å². The Morgan fingerprint density at radius 2 is 1.76 bits per heavy atom. The number of para-hydroxylation sites is 1. The molecule has 29 heavy (non-hydrogen) atoms. The van der Waals surface area contributed by atoms with Crippen LogP contribution in [0.15, 0.2) is 67.0 Å². The zero-order valence-electron chi connectivity index (χ0n) is 16.3. The minimum atomic E-state index is -0.499. The third-order valence-corrected chi connectivity index (χ3v) is 4.85. The van der Waals surface area contributed by atoms with Gasteiger partial charge in [-0.2, -0.15) is 0 Å². The largest absolute Gasteiger partial charge is 0.461 e. The smallest absolute Gasteiger partial charge is 0.359 e. The summed E-state index contributed by atoms with van der Waals surface area (Å²) in [6.07, 6.45) is 1.59. The van der Waals surface area contributed by atoms with Crippen LogP contribution in [0, 0.1) is 0 Å². The Morgan fingerprint density at radius 3 is 2.52 bits per heavy atom. The van der Waals surface area contributed by atoms with Crippen molar-refractivity contribution in [3.8, 4) is 0 Å². The molecule has 0 saturated heterocycles. The minimum Gasteiger partial charge on any atom is -0.461 e. The topological polar surface area (TPSA) is 63.9 Å². The van der Waals surface area contributed by atoms with E-state index in [9.17, 15) is 9.59 Å². The van der Waals surface area contributed by atoms with Crippen molar-refractivity contribution in [3.05, 3.63) is 83.8 Å². The van der Waals surface area contributed by atoms with Crippen molar-refractivity contribution < 1.29 is 14.3 Å². The second-order valence-electron chi connectivity index (χ2n) is 6.79. The highest BCUT2D eigenvalue weighted by atomic mass is 16.5. The summed E-state index contributed by atoms with van der Waals surface area (Å²) in [4.78, 5) is 31.5. The van der Waals surface area contributed by atoms with Crippen LogP contribution in [-0.2, 0) is 11.3 Å². The van der Waals surface area contributed by atoms with Crippen molar-refractivity contribution in [3.63, 3.8) is 0 Å². The average Bonchev–Trinajstić information content (AvgIpc) is 3.18. The molecule has 4 aromatic rings. The van der Waals surface area contributed by atoms with Gasteiger partial charge in [-0.15, -0.1) is 0 Å². The number of esters is 1. The molecule has 146 valence electrons. The van der Waals surface area contributed by atoms with Crippen molar-refractivity contribution >= 4 is 28.3 Å². The zero-order chi connectivity index (χ0) is 20.4. The molecule has 1 amide bonds. The Labute approximate surface area is 168 Å². The van der Waals surface area contributed by atoms with Gasteiger partial charge in [0.15, 0.2) is 5.69 Å². The summed E-state index contributed by atoms with van der Waals surface area (Å²) in [6, 6.07) is 19.2. The van der Waals surface area contributed by atoms with Crippen molar-refractivity contribution in [1.29, 1.82) is 0 Å². The molecule has 2 aromatic heterocycles. The highest BCUT2D eigenvalue weighted by Crippen LogP contribution is 2.25. The van der Waals surface area contributed by atoms with E-state index >= 15 is 0 Å². The number of ether oxygens (including phenoxy) is 1. The number of aromatic nitrogens is 2. The van der Waals surface area contributed by atoms with E-state index in [1.165, 1.54) is 0 Å². The number of benzene rings is 2. The number of nitrogens with zero attached hydrogens (tertiary/aromatic N) is 3. The van der Waals surface area contributed by atoms with Crippen LogP contribution in [0.1, 0.15) is 33.3 Å². The van der Waals surface area contributed by atoms with Crippen LogP contribution in [0.4, 0.5) is 0 Å². The molecule has 0 aliphatic rings. The molecule has 0 saturated carbocycles. The van der Waals surface area contributed by atoms with Crippen LogP contribution in [0.25, 0.3) is 16.4 Å². The molecule has 0 unspecified atom stereocenters. The lowest BCUT2D eigenvalue weighted by atomic mass is 10.1. The molecule has 0 bridgehead atoms. The SMILES string of the molecule is CCOC(=O)c1ncn2c1cc(C(=O)N(C)Cc1ccccc1)c1ccccc12. The van der Waals surface area contributed by atoms with E-state index in [4.69, 9.17) is 4.74 Å². The van der Waals surface area contributed by atoms with Crippen LogP contribution in [0.3, 0.4) is 0 Å². The quantitative estimate of drug-likeness (QED) is 0.487. The molecule has 0 aliphatic heterocycles. The van der Waals surface area contributed by atoms with E-state index < -0.39 is 5.97 Å². The molecule has 6 heteroatoms. The average molecular weight is 387 g/mol. The lowest BCUT2D eigenvalue weighted by Crippen LogP contribution is -2.26. The number of amides is 1. The first-order valence-electron chi connectivity index (χ1n) is 9.45. The number of hydrogen-bond acceptors (Lipinski definition) is 4. The van der Waals surface area contributed by atoms with Crippen LogP contribution in [-0.4, -0.2) is 39.8 Å². The highest BCUT2D eigenvalue weighted by molar-refractivity contribution is 6.09. The Kier molecular flexibility index (Phi) is 4.99. The van der Waals surface area contributed by atoms with Gasteiger partial charge in [0.1, 0.15) is 6.33 Å². The molecular weight excluding hydrogens is 366 g/mol. The summed E-state index contributed by atoms with van der Waals surface area (Å²) in [7, 11) is 1.77. The van der Waals surface area contributed by atoms with Gasteiger partial charge in [-0.05, 0) is 24.6 Å². The fourth-order valence-corrected chi connectivity index (χ4v) is 3.48. The number of hydrogen-bond donors (Lipinski definition) is 0. The first kappa shape index (κ1) is 18.7. The van der Waals surface area contributed by atoms with Gasteiger partial charge in [-0.1, -0.05) is 48.5 Å². The molecule has 2 heterocycles. The summed E-state index contributed by atoms with van der Waals surface area (Å²) < 4.78 is 6.94. The predicted octanol–water partition coefficient (Wildman–Crippen LogP) is 3.94. The Balaban J connectivity index is 1.82. The first-order chi connectivity index (χ1) is 14.1. The van der Waals surface area contributed by atoms with Gasteiger partial charge in [0, 0.05) is 19.0 Å². The van der Waals surface area contributed by atoms with Gasteiger partial charge in [-0.3, -0.25) is 9.20 Å². The Bertz CT molecular complexity index is 1200. The zero-order valence-corrected chi connectivity index (χ0v) is 16.3. The van der Waals surface area contributed by atoms with Crippen LogP contribution >= 0.6 is 0 Å². The molecule has 0 atom stereocenters. The summed E-state index contributed by atoms with van der Waals surface area (Å²) in [5.41, 5.74) is 3.14. The van der Waals surface area contributed by atoms with E-state index in [0.29, 0.717) is 17.6 Å². The molecule has 6 nitrogen and oxygen atoms in total. The molecule has 2 aromatic carbocycles. The fraction of sp³-hybridized carbons (Fsp3) is 0.174. The van der Waals surface area contributed by atoms with E-state index in [1.54, 1.807) is 31.3 Å². The van der Waals surface area contributed by atoms with E-state index in [-0.39, 0.29) is 18.2 Å². The van der Waals surface area contributed by atoms with E-state index in [2.05, 4.69) is 4.98 Å². The van der Waals surface area contributed by atoms with E-state index in [1.807, 2.05) is 59.0 Å². The second-order valence-corrected chi connectivity index (χ2v) is 6.79. The summed E-state index contributed by atoms with van der Waals surface area (Å²) >= 11 is 0. The van der Waals surface area contributed by atoms with Gasteiger partial charge in [-0.25, -0.2) is 9.78 Å². The highest BCUT2D eigenvalue weighted by Gasteiger charge is 2.21. The summed E-state index contributed by atoms with van der Waals surface area (Å²) in [6.45, 7) is 2.50. The van der Waals surface area contributed by atoms with Crippen LogP contribution in [0.2, 0.25) is 0 Å². The number of carbonyl (C=O) groups excluding carboxylic acids is 2. The molecule has 0 radical (unpaired) electrons. The Hall–Kier alpha value is -3.67. The summed E-state index contributed by atoms with van der Waals surface area (Å²) in [5.74, 6) is -0.620. The lowest BCUT2D eigenvalue weighted by Gasteiger charge is -2.19. The van der Waals surface area contributed by atoms with Crippen LogP contribution in [0.5, 0.6) is 0 Å².